The first-order valence-corrected chi connectivity index (χ1v) is 5.68. The predicted octanol–water partition coefficient (Wildman–Crippen LogP) is 2.47. The third-order valence-electron chi connectivity index (χ3n) is 2.16. The second-order valence-corrected chi connectivity index (χ2v) is 4.15. The number of rotatable bonds is 5. The summed E-state index contributed by atoms with van der Waals surface area (Å²) in [6, 6.07) is 4.49. The Balaban J connectivity index is 2.55. The highest BCUT2D eigenvalue weighted by Gasteiger charge is 2.10. The van der Waals surface area contributed by atoms with Crippen LogP contribution in [0, 0.1) is 5.82 Å². The Labute approximate surface area is 105 Å². The van der Waals surface area contributed by atoms with Crippen molar-refractivity contribution in [2.45, 2.75) is 13.5 Å². The summed E-state index contributed by atoms with van der Waals surface area (Å²) < 4.78 is 18.3. The topological polar surface area (TPSA) is 29.5 Å². The molecule has 5 heteroatoms. The van der Waals surface area contributed by atoms with E-state index in [1.807, 2.05) is 0 Å². The van der Waals surface area contributed by atoms with Crippen molar-refractivity contribution in [3.63, 3.8) is 0 Å². The van der Waals surface area contributed by atoms with Gasteiger partial charge in [-0.25, -0.2) is 4.39 Å². The van der Waals surface area contributed by atoms with Crippen LogP contribution in [-0.4, -0.2) is 31.1 Å². The van der Waals surface area contributed by atoms with E-state index in [0.29, 0.717) is 23.7 Å². The number of halogens is 2. The van der Waals surface area contributed by atoms with Gasteiger partial charge >= 0.3 is 5.97 Å². The van der Waals surface area contributed by atoms with E-state index in [9.17, 15) is 9.18 Å². The molecule has 1 rings (SSSR count). The van der Waals surface area contributed by atoms with Gasteiger partial charge in [-0.05, 0) is 26.1 Å². The quantitative estimate of drug-likeness (QED) is 0.761. The third-order valence-corrected chi connectivity index (χ3v) is 2.39. The molecular formula is C12H15ClFNO2. The Morgan fingerprint density at radius 2 is 2.24 bits per heavy atom. The molecule has 0 unspecified atom stereocenters. The fourth-order valence-corrected chi connectivity index (χ4v) is 1.58. The largest absolute Gasteiger partial charge is 0.465 e. The summed E-state index contributed by atoms with van der Waals surface area (Å²) in [5.41, 5.74) is 0.501. The summed E-state index contributed by atoms with van der Waals surface area (Å²) in [6.45, 7) is 2.57. The number of esters is 1. The molecule has 0 aliphatic rings. The van der Waals surface area contributed by atoms with Crippen LogP contribution in [0.2, 0.25) is 5.02 Å². The van der Waals surface area contributed by atoms with Crippen LogP contribution >= 0.6 is 11.6 Å². The molecule has 3 nitrogen and oxygen atoms in total. The number of likely N-dealkylation sites (N-methyl/N-ethyl adjacent to an activating group) is 1. The second kappa shape index (κ2) is 6.57. The number of benzene rings is 1. The molecule has 0 spiro atoms. The van der Waals surface area contributed by atoms with Gasteiger partial charge < -0.3 is 4.74 Å². The molecule has 0 N–H and O–H groups in total. The molecule has 0 aliphatic heterocycles. The first-order chi connectivity index (χ1) is 8.02. The number of carbonyl (C=O) groups is 1. The maximum absolute atomic E-state index is 13.5. The molecule has 0 aliphatic carbocycles. The molecule has 94 valence electrons. The minimum absolute atomic E-state index is 0.135. The number of ether oxygens (including phenoxy) is 1. The molecule has 1 aromatic rings. The Hall–Kier alpha value is -1.13. The van der Waals surface area contributed by atoms with Crippen LogP contribution in [0.4, 0.5) is 4.39 Å². The molecule has 0 heterocycles. The minimum atomic E-state index is -0.367. The van der Waals surface area contributed by atoms with E-state index in [2.05, 4.69) is 0 Å². The molecule has 0 aromatic heterocycles. The molecule has 0 saturated heterocycles. The standard InChI is InChI=1S/C12H15ClFNO2/c1-3-17-12(16)8-15(2)7-9-4-5-10(13)6-11(9)14/h4-6H,3,7-8H2,1-2H3. The molecule has 0 saturated carbocycles. The van der Waals surface area contributed by atoms with Gasteiger partial charge in [0.1, 0.15) is 5.82 Å². The van der Waals surface area contributed by atoms with Gasteiger partial charge in [-0.1, -0.05) is 17.7 Å². The molecular weight excluding hydrogens is 245 g/mol. The van der Waals surface area contributed by atoms with E-state index in [1.165, 1.54) is 6.07 Å². The van der Waals surface area contributed by atoms with Crippen molar-refractivity contribution in [3.8, 4) is 0 Å². The lowest BCUT2D eigenvalue weighted by molar-refractivity contribution is -0.144. The van der Waals surface area contributed by atoms with Gasteiger partial charge in [0.2, 0.25) is 0 Å². The van der Waals surface area contributed by atoms with Crippen molar-refractivity contribution in [2.24, 2.45) is 0 Å². The molecule has 0 bridgehead atoms. The highest BCUT2D eigenvalue weighted by atomic mass is 35.5. The van der Waals surface area contributed by atoms with E-state index in [4.69, 9.17) is 16.3 Å². The van der Waals surface area contributed by atoms with E-state index < -0.39 is 0 Å². The monoisotopic (exact) mass is 259 g/mol. The zero-order chi connectivity index (χ0) is 12.8. The van der Waals surface area contributed by atoms with Crippen LogP contribution in [0.25, 0.3) is 0 Å². The molecule has 17 heavy (non-hydrogen) atoms. The van der Waals surface area contributed by atoms with Crippen molar-refractivity contribution >= 4 is 17.6 Å². The highest BCUT2D eigenvalue weighted by Crippen LogP contribution is 2.15. The highest BCUT2D eigenvalue weighted by molar-refractivity contribution is 6.30. The summed E-state index contributed by atoms with van der Waals surface area (Å²) in [4.78, 5) is 12.9. The normalized spacial score (nSPS) is 10.6. The molecule has 0 atom stereocenters. The van der Waals surface area contributed by atoms with Crippen LogP contribution in [0.15, 0.2) is 18.2 Å². The van der Waals surface area contributed by atoms with E-state index in [1.54, 1.807) is 31.0 Å². The third kappa shape index (κ3) is 4.71. The van der Waals surface area contributed by atoms with Gasteiger partial charge in [0.05, 0.1) is 13.2 Å². The van der Waals surface area contributed by atoms with Gasteiger partial charge in [0, 0.05) is 17.1 Å². The number of hydrogen-bond donors (Lipinski definition) is 0. The van der Waals surface area contributed by atoms with Crippen LogP contribution in [-0.2, 0) is 16.1 Å². The number of carbonyl (C=O) groups excluding carboxylic acids is 1. The lowest BCUT2D eigenvalue weighted by atomic mass is 10.2. The van der Waals surface area contributed by atoms with Crippen LogP contribution < -0.4 is 0 Å². The van der Waals surface area contributed by atoms with Crippen LogP contribution in [0.3, 0.4) is 0 Å². The summed E-state index contributed by atoms with van der Waals surface area (Å²) >= 11 is 5.65. The smallest absolute Gasteiger partial charge is 0.320 e. The Bertz CT molecular complexity index is 398. The molecule has 0 fully saturated rings. The Kier molecular flexibility index (Phi) is 5.38. The number of hydrogen-bond acceptors (Lipinski definition) is 3. The van der Waals surface area contributed by atoms with Gasteiger partial charge in [0.15, 0.2) is 0 Å². The fourth-order valence-electron chi connectivity index (χ4n) is 1.42. The van der Waals surface area contributed by atoms with Gasteiger partial charge in [-0.15, -0.1) is 0 Å². The lowest BCUT2D eigenvalue weighted by Crippen LogP contribution is -2.27. The SMILES string of the molecule is CCOC(=O)CN(C)Cc1ccc(Cl)cc1F. The lowest BCUT2D eigenvalue weighted by Gasteiger charge is -2.16. The first kappa shape index (κ1) is 13.9. The van der Waals surface area contributed by atoms with Gasteiger partial charge in [-0.2, -0.15) is 0 Å². The van der Waals surface area contributed by atoms with Crippen molar-refractivity contribution < 1.29 is 13.9 Å². The van der Waals surface area contributed by atoms with Gasteiger partial charge in [-0.3, -0.25) is 9.69 Å². The van der Waals surface area contributed by atoms with E-state index in [0.717, 1.165) is 0 Å². The zero-order valence-electron chi connectivity index (χ0n) is 9.87. The predicted molar refractivity (Wildman–Crippen MR) is 64.4 cm³/mol. The minimum Gasteiger partial charge on any atom is -0.465 e. The zero-order valence-corrected chi connectivity index (χ0v) is 10.6. The molecule has 1 aromatic carbocycles. The van der Waals surface area contributed by atoms with Crippen molar-refractivity contribution in [3.05, 3.63) is 34.6 Å². The average Bonchev–Trinajstić information content (AvgIpc) is 2.22. The fraction of sp³-hybridized carbons (Fsp3) is 0.417. The van der Waals surface area contributed by atoms with Crippen molar-refractivity contribution in [1.82, 2.24) is 4.90 Å². The molecule has 0 amide bonds. The summed E-state index contributed by atoms with van der Waals surface area (Å²) in [5, 5.41) is 0.360. The van der Waals surface area contributed by atoms with Crippen molar-refractivity contribution in [1.29, 1.82) is 0 Å². The van der Waals surface area contributed by atoms with Gasteiger partial charge in [0.25, 0.3) is 0 Å². The first-order valence-electron chi connectivity index (χ1n) is 5.31. The Morgan fingerprint density at radius 1 is 1.53 bits per heavy atom. The summed E-state index contributed by atoms with van der Waals surface area (Å²) in [7, 11) is 1.73. The van der Waals surface area contributed by atoms with Crippen LogP contribution in [0.1, 0.15) is 12.5 Å². The van der Waals surface area contributed by atoms with E-state index in [-0.39, 0.29) is 18.3 Å². The summed E-state index contributed by atoms with van der Waals surface area (Å²) in [5.74, 6) is -0.683. The summed E-state index contributed by atoms with van der Waals surface area (Å²) in [6.07, 6.45) is 0. The maximum atomic E-state index is 13.5. The molecule has 0 radical (unpaired) electrons. The van der Waals surface area contributed by atoms with Crippen molar-refractivity contribution in [2.75, 3.05) is 20.2 Å². The van der Waals surface area contributed by atoms with E-state index >= 15 is 0 Å². The maximum Gasteiger partial charge on any atom is 0.320 e. The Morgan fingerprint density at radius 3 is 2.82 bits per heavy atom. The second-order valence-electron chi connectivity index (χ2n) is 3.71. The van der Waals surface area contributed by atoms with Crippen LogP contribution in [0.5, 0.6) is 0 Å². The number of nitrogens with zero attached hydrogens (tertiary/aromatic N) is 1. The average molecular weight is 260 g/mol.